The number of esters is 1. The van der Waals surface area contributed by atoms with E-state index in [2.05, 4.69) is 0 Å². The highest BCUT2D eigenvalue weighted by Gasteiger charge is 2.42. The summed E-state index contributed by atoms with van der Waals surface area (Å²) < 4.78 is 4.97. The number of fused-ring (bicyclic) bond motifs is 1. The molecule has 5 N–H and O–H groups in total. The lowest BCUT2D eigenvalue weighted by molar-refractivity contribution is -0.147. The quantitative estimate of drug-likeness (QED) is 0.292. The molecule has 3 aromatic carbocycles. The number of benzene rings is 3. The normalized spacial score (nSPS) is 17.1. The number of rotatable bonds is 4. The van der Waals surface area contributed by atoms with E-state index in [1.165, 1.54) is 60.5 Å². The molecule has 0 bridgehead atoms. The van der Waals surface area contributed by atoms with E-state index in [4.69, 9.17) is 4.74 Å². The van der Waals surface area contributed by atoms with E-state index in [0.717, 1.165) is 0 Å². The number of carbonyl (C=O) groups is 2. The van der Waals surface area contributed by atoms with E-state index in [0.29, 0.717) is 16.7 Å². The number of carbonyl (C=O) groups excluding carboxylic acids is 2. The second-order valence-corrected chi connectivity index (χ2v) is 8.09. The van der Waals surface area contributed by atoms with Crippen molar-refractivity contribution in [3.63, 3.8) is 0 Å². The highest BCUT2D eigenvalue weighted by molar-refractivity contribution is 5.97. The number of methoxy groups -OCH3 is 1. The number of nitrogens with zero attached hydrogens (tertiary/aromatic N) is 1. The van der Waals surface area contributed by atoms with Crippen LogP contribution < -0.4 is 0 Å². The minimum absolute atomic E-state index is 0.0263. The molecule has 1 aliphatic heterocycles. The third-order valence-electron chi connectivity index (χ3n) is 5.97. The summed E-state index contributed by atoms with van der Waals surface area (Å²) >= 11 is 0. The van der Waals surface area contributed by atoms with Crippen LogP contribution in [-0.4, -0.2) is 55.5 Å². The van der Waals surface area contributed by atoms with Gasteiger partial charge in [-0.2, -0.15) is 0 Å². The average Bonchev–Trinajstić information content (AvgIpc) is 2.82. The predicted octanol–water partition coefficient (Wildman–Crippen LogP) is 2.74. The predicted molar refractivity (Wildman–Crippen MR) is 120 cm³/mol. The number of aromatic hydroxyl groups is 5. The van der Waals surface area contributed by atoms with Crippen LogP contribution in [0.5, 0.6) is 28.7 Å². The standard InChI is InChI=1S/C25H23NO8/c1-34-25(33)19-10-15-11-22(30)23(31)12-17(15)18(8-13-2-7-20(28)21(29)9-13)26(19)24(32)14-3-5-16(27)6-4-14/h2-7,9,11-12,18-19,27-31H,8,10H2,1H3/t18-,19-/m0/s1. The fraction of sp³-hybridized carbons (Fsp3) is 0.200. The van der Waals surface area contributed by atoms with Crippen LogP contribution in [0.25, 0.3) is 0 Å². The second-order valence-electron chi connectivity index (χ2n) is 8.09. The van der Waals surface area contributed by atoms with Gasteiger partial charge in [-0.15, -0.1) is 0 Å². The minimum atomic E-state index is -1.04. The number of hydrogen-bond donors (Lipinski definition) is 5. The molecule has 4 rings (SSSR count). The van der Waals surface area contributed by atoms with E-state index >= 15 is 0 Å². The third kappa shape index (κ3) is 4.15. The molecule has 0 fully saturated rings. The van der Waals surface area contributed by atoms with Crippen molar-refractivity contribution < 1.29 is 39.9 Å². The van der Waals surface area contributed by atoms with Gasteiger partial charge in [0.1, 0.15) is 11.8 Å². The Morgan fingerprint density at radius 2 is 1.53 bits per heavy atom. The van der Waals surface area contributed by atoms with Gasteiger partial charge < -0.3 is 35.2 Å². The molecule has 2 atom stereocenters. The van der Waals surface area contributed by atoms with Gasteiger partial charge in [-0.3, -0.25) is 4.79 Å². The number of phenols is 5. The smallest absolute Gasteiger partial charge is 0.328 e. The summed E-state index contributed by atoms with van der Waals surface area (Å²) in [4.78, 5) is 27.8. The number of amides is 1. The molecule has 0 spiro atoms. The summed E-state index contributed by atoms with van der Waals surface area (Å²) in [5, 5.41) is 49.5. The van der Waals surface area contributed by atoms with E-state index in [1.54, 1.807) is 6.07 Å². The summed E-state index contributed by atoms with van der Waals surface area (Å²) in [5.41, 5.74) is 1.83. The Kier molecular flexibility index (Phi) is 5.93. The van der Waals surface area contributed by atoms with Crippen molar-refractivity contribution in [3.05, 3.63) is 76.9 Å². The summed E-state index contributed by atoms with van der Waals surface area (Å²) in [6, 6.07) is 10.7. The molecule has 0 unspecified atom stereocenters. The number of phenolic OH excluding ortho intramolecular Hbond substituents is 5. The lowest BCUT2D eigenvalue weighted by atomic mass is 9.84. The summed E-state index contributed by atoms with van der Waals surface area (Å²) in [6.45, 7) is 0. The molecule has 1 heterocycles. The van der Waals surface area contributed by atoms with Crippen LogP contribution in [0.3, 0.4) is 0 Å². The van der Waals surface area contributed by atoms with Crippen molar-refractivity contribution in [2.45, 2.75) is 24.9 Å². The van der Waals surface area contributed by atoms with Crippen LogP contribution in [0.4, 0.5) is 0 Å². The zero-order valence-electron chi connectivity index (χ0n) is 18.2. The van der Waals surface area contributed by atoms with E-state index in [1.807, 2.05) is 0 Å². The van der Waals surface area contributed by atoms with Gasteiger partial charge in [0, 0.05) is 12.0 Å². The molecule has 34 heavy (non-hydrogen) atoms. The molecule has 0 saturated heterocycles. The van der Waals surface area contributed by atoms with Crippen LogP contribution in [0.15, 0.2) is 54.6 Å². The molecule has 0 aromatic heterocycles. The first-order chi connectivity index (χ1) is 16.2. The Morgan fingerprint density at radius 1 is 0.882 bits per heavy atom. The molecule has 3 aromatic rings. The zero-order valence-corrected chi connectivity index (χ0v) is 18.2. The molecule has 1 amide bonds. The molecule has 0 saturated carbocycles. The monoisotopic (exact) mass is 465 g/mol. The zero-order chi connectivity index (χ0) is 24.6. The average molecular weight is 465 g/mol. The first-order valence-electron chi connectivity index (χ1n) is 10.4. The van der Waals surface area contributed by atoms with Crippen LogP contribution in [0.2, 0.25) is 0 Å². The molecule has 176 valence electrons. The third-order valence-corrected chi connectivity index (χ3v) is 5.97. The first kappa shape index (κ1) is 22.8. The van der Waals surface area contributed by atoms with Crippen molar-refractivity contribution in [1.29, 1.82) is 0 Å². The lowest BCUT2D eigenvalue weighted by Crippen LogP contribution is -2.52. The Hall–Kier alpha value is -4.40. The summed E-state index contributed by atoms with van der Waals surface area (Å²) in [6.07, 6.45) is 0.152. The van der Waals surface area contributed by atoms with Crippen LogP contribution >= 0.6 is 0 Å². The van der Waals surface area contributed by atoms with Crippen molar-refractivity contribution in [3.8, 4) is 28.7 Å². The Bertz CT molecular complexity index is 1250. The highest BCUT2D eigenvalue weighted by Crippen LogP contribution is 2.42. The van der Waals surface area contributed by atoms with Gasteiger partial charge in [0.25, 0.3) is 5.91 Å². The molecule has 1 aliphatic rings. The maximum absolute atomic E-state index is 13.7. The maximum atomic E-state index is 13.7. The molecule has 9 heteroatoms. The summed E-state index contributed by atoms with van der Waals surface area (Å²) in [7, 11) is 1.21. The van der Waals surface area contributed by atoms with Crippen LogP contribution in [0.1, 0.15) is 33.1 Å². The van der Waals surface area contributed by atoms with Gasteiger partial charge in [0.2, 0.25) is 0 Å². The fourth-order valence-electron chi connectivity index (χ4n) is 4.29. The highest BCUT2D eigenvalue weighted by atomic mass is 16.5. The van der Waals surface area contributed by atoms with E-state index in [-0.39, 0.29) is 47.2 Å². The van der Waals surface area contributed by atoms with Crippen molar-refractivity contribution in [2.24, 2.45) is 0 Å². The largest absolute Gasteiger partial charge is 0.508 e. The van der Waals surface area contributed by atoms with Crippen LogP contribution in [-0.2, 0) is 22.4 Å². The minimum Gasteiger partial charge on any atom is -0.508 e. The van der Waals surface area contributed by atoms with E-state index < -0.39 is 24.0 Å². The number of ether oxygens (including phenoxy) is 1. The Labute approximate surface area is 194 Å². The molecule has 9 nitrogen and oxygen atoms in total. The van der Waals surface area contributed by atoms with Crippen molar-refractivity contribution in [1.82, 2.24) is 4.90 Å². The van der Waals surface area contributed by atoms with Crippen molar-refractivity contribution >= 4 is 11.9 Å². The van der Waals surface area contributed by atoms with Gasteiger partial charge in [-0.1, -0.05) is 6.07 Å². The lowest BCUT2D eigenvalue weighted by Gasteiger charge is -2.42. The van der Waals surface area contributed by atoms with Gasteiger partial charge in [-0.05, 0) is 71.6 Å². The fourth-order valence-corrected chi connectivity index (χ4v) is 4.29. The molecular formula is C25H23NO8. The Morgan fingerprint density at radius 3 is 2.18 bits per heavy atom. The SMILES string of the molecule is COC(=O)[C@@H]1Cc2cc(O)c(O)cc2[C@H](Cc2ccc(O)c(O)c2)N1C(=O)c1ccc(O)cc1. The van der Waals surface area contributed by atoms with Gasteiger partial charge >= 0.3 is 5.97 Å². The molecule has 0 radical (unpaired) electrons. The summed E-state index contributed by atoms with van der Waals surface area (Å²) in [5.74, 6) is -2.59. The van der Waals surface area contributed by atoms with Gasteiger partial charge in [0.05, 0.1) is 13.2 Å². The van der Waals surface area contributed by atoms with Crippen molar-refractivity contribution in [2.75, 3.05) is 7.11 Å². The van der Waals surface area contributed by atoms with Gasteiger partial charge in [0.15, 0.2) is 23.0 Å². The molecular weight excluding hydrogens is 442 g/mol. The first-order valence-corrected chi connectivity index (χ1v) is 10.4. The van der Waals surface area contributed by atoms with Gasteiger partial charge in [-0.25, -0.2) is 4.79 Å². The van der Waals surface area contributed by atoms with Crippen LogP contribution in [0, 0.1) is 0 Å². The molecule has 0 aliphatic carbocycles. The second kappa shape index (κ2) is 8.86. The number of hydrogen-bond acceptors (Lipinski definition) is 8. The Balaban J connectivity index is 1.88. The maximum Gasteiger partial charge on any atom is 0.328 e. The topological polar surface area (TPSA) is 148 Å². The van der Waals surface area contributed by atoms with E-state index in [9.17, 15) is 35.1 Å².